The van der Waals surface area contributed by atoms with Crippen LogP contribution in [0.2, 0.25) is 0 Å². The Bertz CT molecular complexity index is 487. The van der Waals surface area contributed by atoms with Crippen molar-refractivity contribution in [3.63, 3.8) is 0 Å². The Balaban J connectivity index is 2.29. The van der Waals surface area contributed by atoms with Crippen LogP contribution in [0.3, 0.4) is 0 Å². The van der Waals surface area contributed by atoms with Crippen molar-refractivity contribution in [1.82, 2.24) is 9.62 Å². The first-order valence-corrected chi connectivity index (χ1v) is 8.42. The van der Waals surface area contributed by atoms with Crippen LogP contribution in [0.4, 0.5) is 0 Å². The normalized spacial score (nSPS) is 21.3. The quantitative estimate of drug-likeness (QED) is 0.914. The van der Waals surface area contributed by atoms with Gasteiger partial charge in [0.2, 0.25) is 0 Å². The monoisotopic (exact) mass is 338 g/mol. The van der Waals surface area contributed by atoms with E-state index in [0.29, 0.717) is 4.21 Å². The van der Waals surface area contributed by atoms with E-state index in [1.807, 2.05) is 6.92 Å². The van der Waals surface area contributed by atoms with Gasteiger partial charge >= 0.3 is 0 Å². The summed E-state index contributed by atoms with van der Waals surface area (Å²) in [4.78, 5) is 0. The number of thiophene rings is 1. The molecule has 1 aromatic rings. The summed E-state index contributed by atoms with van der Waals surface area (Å²) in [5, 5.41) is 3.18. The van der Waals surface area contributed by atoms with Crippen molar-refractivity contribution < 1.29 is 8.42 Å². The van der Waals surface area contributed by atoms with Gasteiger partial charge in [0.1, 0.15) is 4.21 Å². The molecule has 1 atom stereocenters. The number of nitrogens with zero attached hydrogens (tertiary/aromatic N) is 1. The van der Waals surface area contributed by atoms with Crippen LogP contribution in [-0.2, 0) is 10.0 Å². The highest BCUT2D eigenvalue weighted by Crippen LogP contribution is 2.32. The fraction of sp³-hybridized carbons (Fsp3) is 0.600. The van der Waals surface area contributed by atoms with E-state index in [2.05, 4.69) is 21.2 Å². The second-order valence-corrected chi connectivity index (χ2v) is 8.78. The van der Waals surface area contributed by atoms with Gasteiger partial charge in [0.25, 0.3) is 10.0 Å². The summed E-state index contributed by atoms with van der Waals surface area (Å²) in [6.07, 6.45) is 0.876. The lowest BCUT2D eigenvalue weighted by Crippen LogP contribution is -2.37. The molecule has 0 bridgehead atoms. The highest BCUT2D eigenvalue weighted by atomic mass is 79.9. The highest BCUT2D eigenvalue weighted by molar-refractivity contribution is 9.11. The summed E-state index contributed by atoms with van der Waals surface area (Å²) in [5.74, 6) is 0. The van der Waals surface area contributed by atoms with Gasteiger partial charge in [-0.2, -0.15) is 4.31 Å². The molecule has 0 saturated carbocycles. The topological polar surface area (TPSA) is 49.4 Å². The van der Waals surface area contributed by atoms with Gasteiger partial charge in [-0.15, -0.1) is 11.3 Å². The first kappa shape index (κ1) is 13.5. The SMILES string of the molecule is Cc1cc(S(=O)(=O)N(C)C2CCNC2)sc1Br. The van der Waals surface area contributed by atoms with Gasteiger partial charge in [-0.3, -0.25) is 0 Å². The maximum Gasteiger partial charge on any atom is 0.252 e. The van der Waals surface area contributed by atoms with Gasteiger partial charge in [-0.25, -0.2) is 8.42 Å². The molecule has 17 heavy (non-hydrogen) atoms. The number of hydrogen-bond donors (Lipinski definition) is 1. The van der Waals surface area contributed by atoms with E-state index in [1.165, 1.54) is 15.6 Å². The van der Waals surface area contributed by atoms with Gasteiger partial charge in [-0.05, 0) is 47.4 Å². The van der Waals surface area contributed by atoms with Crippen molar-refractivity contribution in [3.05, 3.63) is 15.4 Å². The minimum atomic E-state index is -3.34. The summed E-state index contributed by atoms with van der Waals surface area (Å²) in [6, 6.07) is 1.80. The van der Waals surface area contributed by atoms with Gasteiger partial charge in [-0.1, -0.05) is 0 Å². The molecule has 1 aliphatic rings. The molecular formula is C10H15BrN2O2S2. The first-order valence-electron chi connectivity index (χ1n) is 5.37. The van der Waals surface area contributed by atoms with Crippen LogP contribution in [-0.4, -0.2) is 38.9 Å². The van der Waals surface area contributed by atoms with Gasteiger partial charge in [0.05, 0.1) is 3.79 Å². The second kappa shape index (κ2) is 4.97. The van der Waals surface area contributed by atoms with Crippen molar-refractivity contribution in [1.29, 1.82) is 0 Å². The Labute approximate surface area is 114 Å². The van der Waals surface area contributed by atoms with E-state index in [4.69, 9.17) is 0 Å². The summed E-state index contributed by atoms with van der Waals surface area (Å²) >= 11 is 4.64. The largest absolute Gasteiger partial charge is 0.315 e. The molecule has 0 aliphatic carbocycles. The first-order chi connectivity index (χ1) is 7.93. The Hall–Kier alpha value is 0.0500. The third-order valence-corrected chi connectivity index (χ3v) is 7.51. The zero-order valence-corrected chi connectivity index (χ0v) is 13.0. The summed E-state index contributed by atoms with van der Waals surface area (Å²) in [5.41, 5.74) is 0.964. The maximum atomic E-state index is 12.4. The Morgan fingerprint density at radius 2 is 2.29 bits per heavy atom. The van der Waals surface area contributed by atoms with Crippen LogP contribution in [0.1, 0.15) is 12.0 Å². The van der Waals surface area contributed by atoms with E-state index in [1.54, 1.807) is 13.1 Å². The molecule has 2 rings (SSSR count). The minimum Gasteiger partial charge on any atom is -0.315 e. The second-order valence-electron chi connectivity index (χ2n) is 4.19. The zero-order valence-electron chi connectivity index (χ0n) is 9.73. The standard InChI is InChI=1S/C10H15BrN2O2S2/c1-7-5-9(16-10(7)11)17(14,15)13(2)8-3-4-12-6-8/h5,8,12H,3-4,6H2,1-2H3. The van der Waals surface area contributed by atoms with Crippen LogP contribution in [0.15, 0.2) is 14.1 Å². The maximum absolute atomic E-state index is 12.4. The molecule has 96 valence electrons. The lowest BCUT2D eigenvalue weighted by molar-refractivity contribution is 0.389. The average Bonchev–Trinajstić information content (AvgIpc) is 2.88. The Morgan fingerprint density at radius 3 is 2.76 bits per heavy atom. The molecule has 7 heteroatoms. The van der Waals surface area contributed by atoms with Gasteiger partial charge in [0.15, 0.2) is 0 Å². The molecular weight excluding hydrogens is 324 g/mol. The smallest absolute Gasteiger partial charge is 0.252 e. The Morgan fingerprint density at radius 1 is 1.59 bits per heavy atom. The minimum absolute atomic E-state index is 0.0705. The fourth-order valence-corrected chi connectivity index (χ4v) is 5.64. The number of hydrogen-bond acceptors (Lipinski definition) is 4. The lowest BCUT2D eigenvalue weighted by Gasteiger charge is -2.22. The van der Waals surface area contributed by atoms with Crippen LogP contribution in [0, 0.1) is 6.92 Å². The number of aryl methyl sites for hydroxylation is 1. The molecule has 0 amide bonds. The van der Waals surface area contributed by atoms with Crippen molar-refractivity contribution in [2.45, 2.75) is 23.6 Å². The molecule has 1 unspecified atom stereocenters. The molecule has 4 nitrogen and oxygen atoms in total. The third kappa shape index (κ3) is 2.58. The van der Waals surface area contributed by atoms with Crippen LogP contribution < -0.4 is 5.32 Å². The van der Waals surface area contributed by atoms with Crippen LogP contribution >= 0.6 is 27.3 Å². The van der Waals surface area contributed by atoms with E-state index in [9.17, 15) is 8.42 Å². The van der Waals surface area contributed by atoms with E-state index < -0.39 is 10.0 Å². The molecule has 0 radical (unpaired) electrons. The van der Waals surface area contributed by atoms with E-state index >= 15 is 0 Å². The van der Waals surface area contributed by atoms with Gasteiger partial charge < -0.3 is 5.32 Å². The molecule has 1 saturated heterocycles. The summed E-state index contributed by atoms with van der Waals surface area (Å²) < 4.78 is 27.5. The molecule has 1 fully saturated rings. The number of nitrogens with one attached hydrogen (secondary N) is 1. The van der Waals surface area contributed by atoms with Crippen LogP contribution in [0.5, 0.6) is 0 Å². The van der Waals surface area contributed by atoms with Crippen molar-refractivity contribution in [2.24, 2.45) is 0 Å². The summed E-state index contributed by atoms with van der Waals surface area (Å²) in [7, 11) is -1.68. The molecule has 0 spiro atoms. The number of halogens is 1. The van der Waals surface area contributed by atoms with Crippen LogP contribution in [0.25, 0.3) is 0 Å². The molecule has 2 heterocycles. The molecule has 1 aliphatic heterocycles. The van der Waals surface area contributed by atoms with E-state index in [-0.39, 0.29) is 6.04 Å². The van der Waals surface area contributed by atoms with E-state index in [0.717, 1.165) is 28.9 Å². The molecule has 0 aromatic carbocycles. The highest BCUT2D eigenvalue weighted by Gasteiger charge is 2.31. The average molecular weight is 339 g/mol. The predicted molar refractivity (Wildman–Crippen MR) is 73.0 cm³/mol. The van der Waals surface area contributed by atoms with Crippen molar-refractivity contribution in [2.75, 3.05) is 20.1 Å². The number of rotatable bonds is 3. The lowest BCUT2D eigenvalue weighted by atomic mass is 10.3. The zero-order chi connectivity index (χ0) is 12.6. The Kier molecular flexibility index (Phi) is 3.94. The fourth-order valence-electron chi connectivity index (χ4n) is 1.85. The number of sulfonamides is 1. The third-order valence-electron chi connectivity index (χ3n) is 3.02. The number of likely N-dealkylation sites (N-methyl/N-ethyl adjacent to an activating group) is 1. The predicted octanol–water partition coefficient (Wildman–Crippen LogP) is 1.80. The van der Waals surface area contributed by atoms with Gasteiger partial charge in [0, 0.05) is 19.6 Å². The van der Waals surface area contributed by atoms with Crippen molar-refractivity contribution in [3.8, 4) is 0 Å². The molecule has 1 N–H and O–H groups in total. The summed E-state index contributed by atoms with van der Waals surface area (Å²) in [6.45, 7) is 3.52. The molecule has 1 aromatic heterocycles. The van der Waals surface area contributed by atoms with Crippen molar-refractivity contribution >= 4 is 37.3 Å².